The van der Waals surface area contributed by atoms with E-state index in [1.807, 2.05) is 0 Å². The Kier molecular flexibility index (Phi) is 6.42. The fourth-order valence-corrected chi connectivity index (χ4v) is 1.37. The summed E-state index contributed by atoms with van der Waals surface area (Å²) in [6.07, 6.45) is 1.31. The van der Waals surface area contributed by atoms with Gasteiger partial charge in [0.15, 0.2) is 5.13 Å². The van der Waals surface area contributed by atoms with Crippen LogP contribution < -0.4 is 11.1 Å². The minimum atomic E-state index is -0.677. The number of hydrogen-bond acceptors (Lipinski definition) is 5. The molecule has 0 aliphatic heterocycles. The van der Waals surface area contributed by atoms with Gasteiger partial charge in [0.05, 0.1) is 6.10 Å². The molecule has 1 amide bonds. The van der Waals surface area contributed by atoms with Gasteiger partial charge in [-0.15, -0.1) is 23.7 Å². The topological polar surface area (TPSA) is 77.2 Å². The van der Waals surface area contributed by atoms with Crippen LogP contribution in [0.3, 0.4) is 0 Å². The highest BCUT2D eigenvalue weighted by Gasteiger charge is 2.20. The van der Waals surface area contributed by atoms with Gasteiger partial charge >= 0.3 is 0 Å². The third kappa shape index (κ3) is 4.13. The second-order valence-corrected chi connectivity index (χ2v) is 3.69. The van der Waals surface area contributed by atoms with E-state index in [2.05, 4.69) is 10.3 Å². The number of aromatic nitrogens is 1. The first-order valence-corrected chi connectivity index (χ1v) is 5.02. The van der Waals surface area contributed by atoms with E-state index in [4.69, 9.17) is 10.5 Å². The molecule has 1 aromatic rings. The maximum absolute atomic E-state index is 11.5. The van der Waals surface area contributed by atoms with Crippen molar-refractivity contribution in [2.24, 2.45) is 5.73 Å². The van der Waals surface area contributed by atoms with Crippen molar-refractivity contribution in [1.82, 2.24) is 4.98 Å². The average molecular weight is 252 g/mol. The zero-order valence-corrected chi connectivity index (χ0v) is 10.1. The molecule has 7 heteroatoms. The Morgan fingerprint density at radius 2 is 2.40 bits per heavy atom. The van der Waals surface area contributed by atoms with Crippen LogP contribution in [0.25, 0.3) is 0 Å². The highest BCUT2D eigenvalue weighted by Crippen LogP contribution is 2.10. The van der Waals surface area contributed by atoms with Gasteiger partial charge in [-0.2, -0.15) is 0 Å². The second kappa shape index (κ2) is 6.73. The van der Waals surface area contributed by atoms with E-state index in [0.29, 0.717) is 5.13 Å². The second-order valence-electron chi connectivity index (χ2n) is 2.79. The van der Waals surface area contributed by atoms with Crippen molar-refractivity contribution in [3.8, 4) is 0 Å². The molecule has 0 saturated heterocycles. The molecule has 0 radical (unpaired) electrons. The molecule has 86 valence electrons. The highest BCUT2D eigenvalue weighted by atomic mass is 35.5. The van der Waals surface area contributed by atoms with Gasteiger partial charge in [-0.1, -0.05) is 0 Å². The molecule has 3 N–H and O–H groups in total. The van der Waals surface area contributed by atoms with E-state index in [1.54, 1.807) is 18.5 Å². The first kappa shape index (κ1) is 14.3. The molecule has 0 fully saturated rings. The predicted molar refractivity (Wildman–Crippen MR) is 62.4 cm³/mol. The number of carbonyl (C=O) groups excluding carboxylic acids is 1. The fourth-order valence-electron chi connectivity index (χ4n) is 0.834. The van der Waals surface area contributed by atoms with Crippen LogP contribution in [0, 0.1) is 0 Å². The number of ether oxygens (including phenoxy) is 1. The van der Waals surface area contributed by atoms with Crippen LogP contribution in [-0.4, -0.2) is 30.1 Å². The third-order valence-electron chi connectivity index (χ3n) is 1.84. The Balaban J connectivity index is 0.00000196. The maximum Gasteiger partial charge on any atom is 0.245 e. The quantitative estimate of drug-likeness (QED) is 0.832. The zero-order valence-electron chi connectivity index (χ0n) is 8.47. The molecule has 1 heterocycles. The van der Waals surface area contributed by atoms with Crippen molar-refractivity contribution >= 4 is 34.8 Å². The SMILES string of the molecule is COC(C)C(N)C(=O)Nc1nccs1.Cl. The van der Waals surface area contributed by atoms with Crippen molar-refractivity contribution in [3.63, 3.8) is 0 Å². The maximum atomic E-state index is 11.5. The fraction of sp³-hybridized carbons (Fsp3) is 0.500. The molecule has 0 aliphatic rings. The van der Waals surface area contributed by atoms with Gasteiger partial charge < -0.3 is 15.8 Å². The molecule has 2 unspecified atom stereocenters. The molecule has 5 nitrogen and oxygen atoms in total. The molecule has 1 rings (SSSR count). The number of rotatable bonds is 4. The number of anilines is 1. The van der Waals surface area contributed by atoms with Crippen LogP contribution >= 0.6 is 23.7 Å². The van der Waals surface area contributed by atoms with Gasteiger partial charge in [-0.25, -0.2) is 4.98 Å². The van der Waals surface area contributed by atoms with Crippen LogP contribution in [0.2, 0.25) is 0 Å². The minimum absolute atomic E-state index is 0. The number of halogens is 1. The molecule has 0 aromatic carbocycles. The summed E-state index contributed by atoms with van der Waals surface area (Å²) < 4.78 is 4.95. The summed E-state index contributed by atoms with van der Waals surface area (Å²) in [7, 11) is 1.52. The molecule has 1 aromatic heterocycles. The molecular weight excluding hydrogens is 238 g/mol. The number of hydrogen-bond donors (Lipinski definition) is 2. The van der Waals surface area contributed by atoms with Gasteiger partial charge in [0, 0.05) is 18.7 Å². The number of nitrogens with two attached hydrogens (primary N) is 1. The van der Waals surface area contributed by atoms with E-state index in [0.717, 1.165) is 0 Å². The summed E-state index contributed by atoms with van der Waals surface area (Å²) in [6, 6.07) is -0.677. The van der Waals surface area contributed by atoms with Crippen molar-refractivity contribution in [3.05, 3.63) is 11.6 Å². The molecule has 15 heavy (non-hydrogen) atoms. The summed E-state index contributed by atoms with van der Waals surface area (Å²) in [6.45, 7) is 1.74. The highest BCUT2D eigenvalue weighted by molar-refractivity contribution is 7.13. The molecular formula is C8H14ClN3O2S. The molecule has 0 spiro atoms. The van der Waals surface area contributed by atoms with Gasteiger partial charge in [0.25, 0.3) is 0 Å². The number of methoxy groups -OCH3 is 1. The van der Waals surface area contributed by atoms with E-state index < -0.39 is 6.04 Å². The summed E-state index contributed by atoms with van der Waals surface area (Å²) in [5.41, 5.74) is 5.63. The van der Waals surface area contributed by atoms with Crippen LogP contribution in [0.1, 0.15) is 6.92 Å². The van der Waals surface area contributed by atoms with Gasteiger partial charge in [-0.05, 0) is 6.92 Å². The summed E-state index contributed by atoms with van der Waals surface area (Å²) >= 11 is 1.35. The van der Waals surface area contributed by atoms with E-state index in [-0.39, 0.29) is 24.4 Å². The van der Waals surface area contributed by atoms with Crippen molar-refractivity contribution < 1.29 is 9.53 Å². The Morgan fingerprint density at radius 3 is 2.87 bits per heavy atom. The smallest absolute Gasteiger partial charge is 0.245 e. The number of amides is 1. The number of nitrogens with zero attached hydrogens (tertiary/aromatic N) is 1. The van der Waals surface area contributed by atoms with E-state index in [9.17, 15) is 4.79 Å². The van der Waals surface area contributed by atoms with Gasteiger partial charge in [0.2, 0.25) is 5.91 Å². The Hall–Kier alpha value is -0.690. The van der Waals surface area contributed by atoms with E-state index in [1.165, 1.54) is 18.4 Å². The first-order chi connectivity index (χ1) is 6.65. The monoisotopic (exact) mass is 251 g/mol. The van der Waals surface area contributed by atoms with Crippen LogP contribution in [0.4, 0.5) is 5.13 Å². The van der Waals surface area contributed by atoms with Crippen molar-refractivity contribution in [1.29, 1.82) is 0 Å². The number of carbonyl (C=O) groups is 1. The number of thiazole rings is 1. The lowest BCUT2D eigenvalue weighted by atomic mass is 10.2. The Morgan fingerprint density at radius 1 is 1.73 bits per heavy atom. The van der Waals surface area contributed by atoms with E-state index >= 15 is 0 Å². The Bertz CT molecular complexity index is 294. The summed E-state index contributed by atoms with van der Waals surface area (Å²) in [4.78, 5) is 15.4. The third-order valence-corrected chi connectivity index (χ3v) is 2.53. The van der Waals surface area contributed by atoms with Gasteiger partial charge in [0.1, 0.15) is 6.04 Å². The molecule has 2 atom stereocenters. The normalized spacial score (nSPS) is 13.8. The van der Waals surface area contributed by atoms with Crippen LogP contribution in [0.15, 0.2) is 11.6 Å². The standard InChI is InChI=1S/C8H13N3O2S.ClH/c1-5(13-2)6(9)7(12)11-8-10-3-4-14-8;/h3-6H,9H2,1-2H3,(H,10,11,12);1H. The summed E-state index contributed by atoms with van der Waals surface area (Å²) in [5.74, 6) is -0.283. The summed E-state index contributed by atoms with van der Waals surface area (Å²) in [5, 5.41) is 4.93. The number of nitrogens with one attached hydrogen (secondary N) is 1. The lowest BCUT2D eigenvalue weighted by Gasteiger charge is -2.16. The molecule has 0 aliphatic carbocycles. The van der Waals surface area contributed by atoms with Gasteiger partial charge in [-0.3, -0.25) is 4.79 Å². The zero-order chi connectivity index (χ0) is 10.6. The lowest BCUT2D eigenvalue weighted by molar-refractivity contribution is -0.119. The van der Waals surface area contributed by atoms with Crippen molar-refractivity contribution in [2.45, 2.75) is 19.1 Å². The Labute approximate surface area is 98.4 Å². The van der Waals surface area contributed by atoms with Crippen LogP contribution in [-0.2, 0) is 9.53 Å². The molecule has 0 bridgehead atoms. The lowest BCUT2D eigenvalue weighted by Crippen LogP contribution is -2.44. The average Bonchev–Trinajstić information content (AvgIpc) is 2.68. The minimum Gasteiger partial charge on any atom is -0.380 e. The molecule has 0 saturated carbocycles. The largest absolute Gasteiger partial charge is 0.380 e. The predicted octanol–water partition coefficient (Wildman–Crippen LogP) is 0.866. The first-order valence-electron chi connectivity index (χ1n) is 4.14. The van der Waals surface area contributed by atoms with Crippen molar-refractivity contribution in [2.75, 3.05) is 12.4 Å². The van der Waals surface area contributed by atoms with Crippen LogP contribution in [0.5, 0.6) is 0 Å².